The molecule has 20 heavy (non-hydrogen) atoms. The Morgan fingerprint density at radius 2 is 1.90 bits per heavy atom. The van der Waals surface area contributed by atoms with Crippen LogP contribution >= 0.6 is 11.6 Å². The monoisotopic (exact) mass is 290 g/mol. The molecule has 0 aliphatic carbocycles. The van der Waals surface area contributed by atoms with Gasteiger partial charge < -0.3 is 9.47 Å². The highest BCUT2D eigenvalue weighted by molar-refractivity contribution is 6.32. The Labute approximate surface area is 123 Å². The Bertz CT molecular complexity index is 610. The third kappa shape index (κ3) is 3.11. The standard InChI is InChI=1S/C16H15ClO3/c1-11(13-5-3-4-6-15(13)19-2)20-16-8-7-12(10-18)9-14(16)17/h3-11H,1-2H3. The molecule has 4 heteroatoms. The van der Waals surface area contributed by atoms with Crippen LogP contribution in [0.15, 0.2) is 42.5 Å². The van der Waals surface area contributed by atoms with E-state index in [1.54, 1.807) is 25.3 Å². The summed E-state index contributed by atoms with van der Waals surface area (Å²) in [6.07, 6.45) is 0.532. The number of para-hydroxylation sites is 1. The zero-order valence-electron chi connectivity index (χ0n) is 11.3. The van der Waals surface area contributed by atoms with E-state index < -0.39 is 0 Å². The van der Waals surface area contributed by atoms with Crippen LogP contribution in [0.2, 0.25) is 5.02 Å². The summed E-state index contributed by atoms with van der Waals surface area (Å²) in [5.41, 5.74) is 1.46. The van der Waals surface area contributed by atoms with Crippen molar-refractivity contribution >= 4 is 17.9 Å². The van der Waals surface area contributed by atoms with Crippen molar-refractivity contribution in [2.45, 2.75) is 13.0 Å². The molecule has 0 aliphatic rings. The Morgan fingerprint density at radius 1 is 1.15 bits per heavy atom. The molecule has 0 saturated carbocycles. The number of carbonyl (C=O) groups excluding carboxylic acids is 1. The van der Waals surface area contributed by atoms with Crippen molar-refractivity contribution in [2.75, 3.05) is 7.11 Å². The lowest BCUT2D eigenvalue weighted by Gasteiger charge is -2.18. The van der Waals surface area contributed by atoms with Gasteiger partial charge in [-0.3, -0.25) is 4.79 Å². The maximum Gasteiger partial charge on any atom is 0.150 e. The molecule has 0 heterocycles. The van der Waals surface area contributed by atoms with Gasteiger partial charge in [0.1, 0.15) is 23.9 Å². The van der Waals surface area contributed by atoms with E-state index in [-0.39, 0.29) is 6.10 Å². The molecule has 0 amide bonds. The lowest BCUT2D eigenvalue weighted by Crippen LogP contribution is -2.05. The lowest BCUT2D eigenvalue weighted by atomic mass is 10.1. The zero-order valence-corrected chi connectivity index (χ0v) is 12.1. The summed E-state index contributed by atoms with van der Waals surface area (Å²) in [7, 11) is 1.62. The van der Waals surface area contributed by atoms with Crippen LogP contribution in [0, 0.1) is 0 Å². The number of rotatable bonds is 5. The van der Waals surface area contributed by atoms with E-state index in [1.165, 1.54) is 0 Å². The van der Waals surface area contributed by atoms with Gasteiger partial charge in [0.2, 0.25) is 0 Å². The molecule has 0 fully saturated rings. The molecule has 0 spiro atoms. The van der Waals surface area contributed by atoms with Crippen molar-refractivity contribution in [2.24, 2.45) is 0 Å². The number of aldehydes is 1. The fourth-order valence-electron chi connectivity index (χ4n) is 1.94. The van der Waals surface area contributed by atoms with Crippen molar-refractivity contribution in [3.8, 4) is 11.5 Å². The van der Waals surface area contributed by atoms with Gasteiger partial charge in [-0.2, -0.15) is 0 Å². The smallest absolute Gasteiger partial charge is 0.150 e. The first-order valence-corrected chi connectivity index (χ1v) is 6.57. The average Bonchev–Trinajstić information content (AvgIpc) is 2.49. The second-order valence-electron chi connectivity index (χ2n) is 4.31. The van der Waals surface area contributed by atoms with Crippen molar-refractivity contribution in [1.82, 2.24) is 0 Å². The number of benzene rings is 2. The van der Waals surface area contributed by atoms with Crippen LogP contribution in [-0.2, 0) is 0 Å². The molecule has 0 aliphatic heterocycles. The van der Waals surface area contributed by atoms with Gasteiger partial charge in [-0.25, -0.2) is 0 Å². The summed E-state index contributed by atoms with van der Waals surface area (Å²) in [5, 5.41) is 0.413. The Balaban J connectivity index is 2.23. The first kappa shape index (κ1) is 14.4. The minimum atomic E-state index is -0.217. The number of hydrogen-bond acceptors (Lipinski definition) is 3. The molecule has 0 aromatic heterocycles. The Morgan fingerprint density at radius 3 is 2.55 bits per heavy atom. The Hall–Kier alpha value is -2.00. The highest BCUT2D eigenvalue weighted by atomic mass is 35.5. The molecule has 2 aromatic carbocycles. The SMILES string of the molecule is COc1ccccc1C(C)Oc1ccc(C=O)cc1Cl. The summed E-state index contributed by atoms with van der Waals surface area (Å²) in [6, 6.07) is 12.6. The van der Waals surface area contributed by atoms with Crippen LogP contribution in [0.5, 0.6) is 11.5 Å². The predicted octanol–water partition coefficient (Wildman–Crippen LogP) is 4.30. The van der Waals surface area contributed by atoms with Crippen LogP contribution in [0.4, 0.5) is 0 Å². The van der Waals surface area contributed by atoms with E-state index in [9.17, 15) is 4.79 Å². The summed E-state index contributed by atoms with van der Waals surface area (Å²) >= 11 is 6.10. The molecule has 0 N–H and O–H groups in total. The van der Waals surface area contributed by atoms with Crippen LogP contribution < -0.4 is 9.47 Å². The molecule has 2 rings (SSSR count). The zero-order chi connectivity index (χ0) is 14.5. The van der Waals surface area contributed by atoms with E-state index >= 15 is 0 Å². The molecule has 1 unspecified atom stereocenters. The molecule has 0 radical (unpaired) electrons. The van der Waals surface area contributed by atoms with Gasteiger partial charge in [0, 0.05) is 11.1 Å². The highest BCUT2D eigenvalue weighted by Crippen LogP contribution is 2.32. The number of carbonyl (C=O) groups is 1. The third-order valence-electron chi connectivity index (χ3n) is 2.97. The average molecular weight is 291 g/mol. The van der Waals surface area contributed by atoms with Gasteiger partial charge in [0.05, 0.1) is 12.1 Å². The van der Waals surface area contributed by atoms with Crippen LogP contribution in [-0.4, -0.2) is 13.4 Å². The fraction of sp³-hybridized carbons (Fsp3) is 0.188. The third-order valence-corrected chi connectivity index (χ3v) is 3.27. The first-order valence-electron chi connectivity index (χ1n) is 6.20. The second-order valence-corrected chi connectivity index (χ2v) is 4.72. The van der Waals surface area contributed by atoms with Crippen molar-refractivity contribution < 1.29 is 14.3 Å². The van der Waals surface area contributed by atoms with Gasteiger partial charge in [-0.15, -0.1) is 0 Å². The van der Waals surface area contributed by atoms with E-state index in [0.29, 0.717) is 16.3 Å². The van der Waals surface area contributed by atoms with E-state index in [2.05, 4.69) is 0 Å². The van der Waals surface area contributed by atoms with Gasteiger partial charge in [-0.1, -0.05) is 29.8 Å². The predicted molar refractivity (Wildman–Crippen MR) is 78.9 cm³/mol. The number of ether oxygens (including phenoxy) is 2. The number of halogens is 1. The van der Waals surface area contributed by atoms with Gasteiger partial charge >= 0.3 is 0 Å². The van der Waals surface area contributed by atoms with E-state index in [1.807, 2.05) is 31.2 Å². The molecule has 2 aromatic rings. The maximum atomic E-state index is 10.7. The van der Waals surface area contributed by atoms with Gasteiger partial charge in [0.25, 0.3) is 0 Å². The molecular weight excluding hydrogens is 276 g/mol. The van der Waals surface area contributed by atoms with Gasteiger partial charge in [0.15, 0.2) is 0 Å². The number of hydrogen-bond donors (Lipinski definition) is 0. The summed E-state index contributed by atoms with van der Waals surface area (Å²) in [5.74, 6) is 1.30. The number of methoxy groups -OCH3 is 1. The molecule has 0 bridgehead atoms. The maximum absolute atomic E-state index is 10.7. The minimum Gasteiger partial charge on any atom is -0.496 e. The van der Waals surface area contributed by atoms with Crippen LogP contribution in [0.25, 0.3) is 0 Å². The van der Waals surface area contributed by atoms with Crippen molar-refractivity contribution in [1.29, 1.82) is 0 Å². The molecule has 104 valence electrons. The van der Waals surface area contributed by atoms with Crippen molar-refractivity contribution in [3.05, 3.63) is 58.6 Å². The van der Waals surface area contributed by atoms with Crippen LogP contribution in [0.3, 0.4) is 0 Å². The molecule has 1 atom stereocenters. The van der Waals surface area contributed by atoms with Crippen molar-refractivity contribution in [3.63, 3.8) is 0 Å². The second kappa shape index (κ2) is 6.44. The lowest BCUT2D eigenvalue weighted by molar-refractivity contribution is 0.112. The fourth-order valence-corrected chi connectivity index (χ4v) is 2.18. The topological polar surface area (TPSA) is 35.5 Å². The molecule has 0 saturated heterocycles. The summed E-state index contributed by atoms with van der Waals surface area (Å²) in [4.78, 5) is 10.7. The highest BCUT2D eigenvalue weighted by Gasteiger charge is 2.14. The minimum absolute atomic E-state index is 0.217. The van der Waals surface area contributed by atoms with E-state index in [4.69, 9.17) is 21.1 Å². The van der Waals surface area contributed by atoms with Crippen LogP contribution in [0.1, 0.15) is 28.9 Å². The quantitative estimate of drug-likeness (QED) is 0.770. The van der Waals surface area contributed by atoms with E-state index in [0.717, 1.165) is 17.6 Å². The normalized spacial score (nSPS) is 11.8. The largest absolute Gasteiger partial charge is 0.496 e. The Kier molecular flexibility index (Phi) is 4.64. The molecular formula is C16H15ClO3. The summed E-state index contributed by atoms with van der Waals surface area (Å²) < 4.78 is 11.2. The molecule has 3 nitrogen and oxygen atoms in total. The summed E-state index contributed by atoms with van der Waals surface area (Å²) in [6.45, 7) is 1.92. The van der Waals surface area contributed by atoms with Gasteiger partial charge in [-0.05, 0) is 31.2 Å². The first-order chi connectivity index (χ1) is 9.65.